The lowest BCUT2D eigenvalue weighted by atomic mass is 10.1. The molecular formula is C13H27N3O2S. The Morgan fingerprint density at radius 1 is 1.26 bits per heavy atom. The lowest BCUT2D eigenvalue weighted by Crippen LogP contribution is -2.44. The first-order valence-electron chi connectivity index (χ1n) is 6.90. The summed E-state index contributed by atoms with van der Waals surface area (Å²) >= 11 is 0. The average Bonchev–Trinajstić information content (AvgIpc) is 2.32. The Labute approximate surface area is 117 Å². The molecule has 0 unspecified atom stereocenters. The topological polar surface area (TPSA) is 61.4 Å². The van der Waals surface area contributed by atoms with E-state index in [1.807, 2.05) is 0 Å². The first-order chi connectivity index (χ1) is 8.87. The highest BCUT2D eigenvalue weighted by atomic mass is 32.2. The maximum atomic E-state index is 10.9. The van der Waals surface area contributed by atoms with Gasteiger partial charge in [0.15, 0.2) is 0 Å². The maximum Gasteiger partial charge on any atom is 0.208 e. The van der Waals surface area contributed by atoms with Crippen LogP contribution in [0, 0.1) is 0 Å². The number of hydrogen-bond acceptors (Lipinski definition) is 4. The molecule has 0 aromatic carbocycles. The van der Waals surface area contributed by atoms with Crippen LogP contribution in [0.3, 0.4) is 0 Å². The van der Waals surface area contributed by atoms with Crippen LogP contribution in [0.25, 0.3) is 0 Å². The summed E-state index contributed by atoms with van der Waals surface area (Å²) in [4.78, 5) is 2.46. The summed E-state index contributed by atoms with van der Waals surface area (Å²) in [5, 5.41) is 3.41. The quantitative estimate of drug-likeness (QED) is 0.531. The molecule has 2 N–H and O–H groups in total. The van der Waals surface area contributed by atoms with Crippen LogP contribution >= 0.6 is 0 Å². The monoisotopic (exact) mass is 289 g/mol. The second kappa shape index (κ2) is 7.99. The van der Waals surface area contributed by atoms with Gasteiger partial charge in [0, 0.05) is 25.7 Å². The molecule has 0 aromatic rings. The van der Waals surface area contributed by atoms with Crippen LogP contribution in [0.2, 0.25) is 0 Å². The van der Waals surface area contributed by atoms with E-state index < -0.39 is 10.0 Å². The van der Waals surface area contributed by atoms with Crippen LogP contribution in [0.5, 0.6) is 0 Å². The van der Waals surface area contributed by atoms with Crippen molar-refractivity contribution in [2.75, 3.05) is 39.0 Å². The Bertz CT molecular complexity index is 381. The van der Waals surface area contributed by atoms with Gasteiger partial charge in [-0.25, -0.2) is 13.1 Å². The number of hydrogen-bond donors (Lipinski definition) is 2. The van der Waals surface area contributed by atoms with E-state index in [-0.39, 0.29) is 0 Å². The smallest absolute Gasteiger partial charge is 0.208 e. The molecule has 1 aliphatic rings. The van der Waals surface area contributed by atoms with Gasteiger partial charge in [0.25, 0.3) is 0 Å². The van der Waals surface area contributed by atoms with Crippen LogP contribution in [0.4, 0.5) is 0 Å². The average molecular weight is 289 g/mol. The maximum absolute atomic E-state index is 10.9. The minimum Gasteiger partial charge on any atom is -0.313 e. The summed E-state index contributed by atoms with van der Waals surface area (Å²) in [7, 11) is -3.06. The molecule has 0 aromatic heterocycles. The van der Waals surface area contributed by atoms with Crippen LogP contribution in [-0.4, -0.2) is 58.3 Å². The molecule has 0 bridgehead atoms. The van der Waals surface area contributed by atoms with Crippen molar-refractivity contribution in [3.8, 4) is 0 Å². The van der Waals surface area contributed by atoms with E-state index in [2.05, 4.69) is 34.9 Å². The van der Waals surface area contributed by atoms with Crippen LogP contribution < -0.4 is 10.0 Å². The number of piperidine rings is 1. The second-order valence-electron chi connectivity index (χ2n) is 5.48. The van der Waals surface area contributed by atoms with Crippen LogP contribution in [0.15, 0.2) is 11.6 Å². The van der Waals surface area contributed by atoms with Crippen molar-refractivity contribution in [2.24, 2.45) is 0 Å². The molecule has 1 rings (SSSR count). The molecule has 1 saturated heterocycles. The largest absolute Gasteiger partial charge is 0.313 e. The van der Waals surface area contributed by atoms with E-state index in [0.29, 0.717) is 19.1 Å². The van der Waals surface area contributed by atoms with Gasteiger partial charge in [0.1, 0.15) is 0 Å². The zero-order valence-corrected chi connectivity index (χ0v) is 13.1. The highest BCUT2D eigenvalue weighted by Crippen LogP contribution is 2.10. The molecule has 0 amide bonds. The molecule has 1 fully saturated rings. The minimum atomic E-state index is -3.06. The van der Waals surface area contributed by atoms with Crippen molar-refractivity contribution in [1.82, 2.24) is 14.9 Å². The standard InChI is InChI=1S/C13H27N3O2S/c1-12(2)4-9-16-10-5-13(6-11-16)14-7-8-15-19(3,17)18/h4,13-15H,5-11H2,1-3H3. The summed E-state index contributed by atoms with van der Waals surface area (Å²) in [6, 6.07) is 0.518. The Balaban J connectivity index is 2.11. The third kappa shape index (κ3) is 8.36. The van der Waals surface area contributed by atoms with Gasteiger partial charge in [0.05, 0.1) is 6.26 Å². The van der Waals surface area contributed by atoms with Gasteiger partial charge in [-0.3, -0.25) is 4.90 Å². The van der Waals surface area contributed by atoms with Crippen molar-refractivity contribution in [3.63, 3.8) is 0 Å². The molecule has 1 heterocycles. The van der Waals surface area contributed by atoms with Crippen LogP contribution in [-0.2, 0) is 10.0 Å². The molecule has 1 aliphatic heterocycles. The number of nitrogens with zero attached hydrogens (tertiary/aromatic N) is 1. The van der Waals surface area contributed by atoms with Gasteiger partial charge in [-0.15, -0.1) is 0 Å². The fraction of sp³-hybridized carbons (Fsp3) is 0.846. The second-order valence-corrected chi connectivity index (χ2v) is 7.31. The molecule has 5 nitrogen and oxygen atoms in total. The minimum absolute atomic E-state index is 0.469. The summed E-state index contributed by atoms with van der Waals surface area (Å²) in [6.45, 7) is 8.70. The Morgan fingerprint density at radius 2 is 1.89 bits per heavy atom. The van der Waals surface area contributed by atoms with Crippen LogP contribution in [0.1, 0.15) is 26.7 Å². The number of allylic oxidation sites excluding steroid dienone is 1. The summed E-state index contributed by atoms with van der Waals surface area (Å²) in [6.07, 6.45) is 5.73. The van der Waals surface area contributed by atoms with Gasteiger partial charge in [-0.2, -0.15) is 0 Å². The van der Waals surface area contributed by atoms with Gasteiger partial charge < -0.3 is 5.32 Å². The third-order valence-corrected chi connectivity index (χ3v) is 4.00. The van der Waals surface area contributed by atoms with Gasteiger partial charge >= 0.3 is 0 Å². The van der Waals surface area contributed by atoms with E-state index in [1.165, 1.54) is 11.8 Å². The molecule has 0 atom stereocenters. The van der Waals surface area contributed by atoms with Crippen molar-refractivity contribution in [3.05, 3.63) is 11.6 Å². The fourth-order valence-electron chi connectivity index (χ4n) is 2.14. The Kier molecular flexibility index (Phi) is 6.99. The first-order valence-corrected chi connectivity index (χ1v) is 8.80. The van der Waals surface area contributed by atoms with E-state index in [1.54, 1.807) is 0 Å². The predicted molar refractivity (Wildman–Crippen MR) is 79.7 cm³/mol. The normalized spacial score (nSPS) is 18.5. The molecule has 0 spiro atoms. The molecule has 19 heavy (non-hydrogen) atoms. The SMILES string of the molecule is CC(C)=CCN1CCC(NCCNS(C)(=O)=O)CC1. The van der Waals surface area contributed by atoms with Crippen molar-refractivity contribution < 1.29 is 8.42 Å². The summed E-state index contributed by atoms with van der Waals surface area (Å²) in [5.74, 6) is 0. The number of nitrogens with one attached hydrogen (secondary N) is 2. The molecule has 0 aliphatic carbocycles. The van der Waals surface area contributed by atoms with E-state index in [0.717, 1.165) is 32.5 Å². The van der Waals surface area contributed by atoms with Gasteiger partial charge in [0.2, 0.25) is 10.0 Å². The van der Waals surface area contributed by atoms with Gasteiger partial charge in [-0.1, -0.05) is 11.6 Å². The lowest BCUT2D eigenvalue weighted by molar-refractivity contribution is 0.215. The highest BCUT2D eigenvalue weighted by Gasteiger charge is 2.17. The fourth-order valence-corrected chi connectivity index (χ4v) is 2.62. The molecule has 0 radical (unpaired) electrons. The Morgan fingerprint density at radius 3 is 2.42 bits per heavy atom. The Hall–Kier alpha value is -0.430. The van der Waals surface area contributed by atoms with Crippen molar-refractivity contribution in [2.45, 2.75) is 32.7 Å². The highest BCUT2D eigenvalue weighted by molar-refractivity contribution is 7.88. The van der Waals surface area contributed by atoms with E-state index in [4.69, 9.17) is 0 Å². The molecular weight excluding hydrogens is 262 g/mol. The predicted octanol–water partition coefficient (Wildman–Crippen LogP) is 0.556. The number of rotatable bonds is 7. The lowest BCUT2D eigenvalue weighted by Gasteiger charge is -2.31. The zero-order chi connectivity index (χ0) is 14.3. The molecule has 112 valence electrons. The number of sulfonamides is 1. The molecule has 0 saturated carbocycles. The molecule has 6 heteroatoms. The zero-order valence-electron chi connectivity index (χ0n) is 12.3. The van der Waals surface area contributed by atoms with E-state index >= 15 is 0 Å². The van der Waals surface area contributed by atoms with E-state index in [9.17, 15) is 8.42 Å². The van der Waals surface area contributed by atoms with Gasteiger partial charge in [-0.05, 0) is 39.8 Å². The first kappa shape index (κ1) is 16.6. The number of likely N-dealkylation sites (tertiary alicyclic amines) is 1. The van der Waals surface area contributed by atoms with Crippen molar-refractivity contribution in [1.29, 1.82) is 0 Å². The summed E-state index contributed by atoms with van der Waals surface area (Å²) in [5.41, 5.74) is 1.37. The van der Waals surface area contributed by atoms with Crippen molar-refractivity contribution >= 4 is 10.0 Å². The third-order valence-electron chi connectivity index (χ3n) is 3.27. The summed E-state index contributed by atoms with van der Waals surface area (Å²) < 4.78 is 24.3.